The van der Waals surface area contributed by atoms with Gasteiger partial charge in [-0.1, -0.05) is 25.1 Å². The average molecular weight is 297 g/mol. The van der Waals surface area contributed by atoms with Crippen molar-refractivity contribution in [3.8, 4) is 11.3 Å². The standard InChI is InChI=1S/C15H14F3NO2/c1-2-9(14(20)21)12-7-8-13(19-12)10-5-3-4-6-11(10)15(16,17)18/h3-9,19H,2H2,1H3,(H,20,21). The van der Waals surface area contributed by atoms with E-state index in [0.29, 0.717) is 12.1 Å². The summed E-state index contributed by atoms with van der Waals surface area (Å²) in [5.41, 5.74) is -0.0760. The van der Waals surface area contributed by atoms with Crippen LogP contribution in [-0.4, -0.2) is 16.1 Å². The number of aromatic nitrogens is 1. The molecule has 1 unspecified atom stereocenters. The smallest absolute Gasteiger partial charge is 0.417 e. The summed E-state index contributed by atoms with van der Waals surface area (Å²) in [5.74, 6) is -1.76. The van der Waals surface area contributed by atoms with Gasteiger partial charge in [0.15, 0.2) is 0 Å². The van der Waals surface area contributed by atoms with E-state index in [1.54, 1.807) is 6.92 Å². The Morgan fingerprint density at radius 3 is 2.48 bits per heavy atom. The number of benzene rings is 1. The van der Waals surface area contributed by atoms with Crippen LogP contribution >= 0.6 is 0 Å². The summed E-state index contributed by atoms with van der Waals surface area (Å²) < 4.78 is 39.0. The van der Waals surface area contributed by atoms with Crippen molar-refractivity contribution in [2.24, 2.45) is 0 Å². The third-order valence-electron chi connectivity index (χ3n) is 3.31. The van der Waals surface area contributed by atoms with Gasteiger partial charge >= 0.3 is 12.1 Å². The number of aromatic amines is 1. The Balaban J connectivity index is 2.46. The highest BCUT2D eigenvalue weighted by molar-refractivity contribution is 5.76. The van der Waals surface area contributed by atoms with E-state index in [-0.39, 0.29) is 11.3 Å². The maximum absolute atomic E-state index is 13.0. The van der Waals surface area contributed by atoms with E-state index in [2.05, 4.69) is 4.98 Å². The Hall–Kier alpha value is -2.24. The normalized spacial score (nSPS) is 13.1. The molecule has 0 amide bonds. The van der Waals surface area contributed by atoms with Crippen molar-refractivity contribution in [3.05, 3.63) is 47.7 Å². The van der Waals surface area contributed by atoms with Gasteiger partial charge in [-0.3, -0.25) is 4.79 Å². The molecule has 1 heterocycles. The minimum absolute atomic E-state index is 0.0106. The number of hydrogen-bond acceptors (Lipinski definition) is 1. The lowest BCUT2D eigenvalue weighted by Gasteiger charge is -2.12. The highest BCUT2D eigenvalue weighted by Crippen LogP contribution is 2.37. The lowest BCUT2D eigenvalue weighted by molar-refractivity contribution is -0.139. The molecule has 6 heteroatoms. The summed E-state index contributed by atoms with van der Waals surface area (Å²) in [6.07, 6.45) is -4.10. The second-order valence-corrected chi connectivity index (χ2v) is 4.67. The first-order chi connectivity index (χ1) is 9.84. The number of aliphatic carboxylic acids is 1. The number of rotatable bonds is 4. The van der Waals surface area contributed by atoms with Crippen molar-refractivity contribution in [2.75, 3.05) is 0 Å². The first-order valence-electron chi connectivity index (χ1n) is 6.43. The van der Waals surface area contributed by atoms with Crippen LogP contribution in [0.4, 0.5) is 13.2 Å². The molecular formula is C15H14F3NO2. The van der Waals surface area contributed by atoms with Crippen molar-refractivity contribution >= 4 is 5.97 Å². The summed E-state index contributed by atoms with van der Waals surface area (Å²) in [6.45, 7) is 1.71. The van der Waals surface area contributed by atoms with E-state index in [9.17, 15) is 18.0 Å². The van der Waals surface area contributed by atoms with Gasteiger partial charge in [-0.05, 0) is 24.6 Å². The van der Waals surface area contributed by atoms with Gasteiger partial charge in [0.2, 0.25) is 0 Å². The van der Waals surface area contributed by atoms with Crippen molar-refractivity contribution in [3.63, 3.8) is 0 Å². The minimum Gasteiger partial charge on any atom is -0.481 e. The predicted molar refractivity (Wildman–Crippen MR) is 71.9 cm³/mol. The SMILES string of the molecule is CCC(C(=O)O)c1ccc(-c2ccccc2C(F)(F)F)[nH]1. The van der Waals surface area contributed by atoms with Gasteiger partial charge < -0.3 is 10.1 Å². The molecule has 0 saturated heterocycles. The molecule has 0 radical (unpaired) electrons. The maximum Gasteiger partial charge on any atom is 0.417 e. The minimum atomic E-state index is -4.46. The van der Waals surface area contributed by atoms with Crippen molar-refractivity contribution in [1.82, 2.24) is 4.98 Å². The highest BCUT2D eigenvalue weighted by atomic mass is 19.4. The van der Waals surface area contributed by atoms with Crippen LogP contribution in [0.15, 0.2) is 36.4 Å². The van der Waals surface area contributed by atoms with Gasteiger partial charge in [-0.2, -0.15) is 13.2 Å². The highest BCUT2D eigenvalue weighted by Gasteiger charge is 2.33. The zero-order chi connectivity index (χ0) is 15.6. The molecule has 0 bridgehead atoms. The summed E-state index contributed by atoms with van der Waals surface area (Å²) in [7, 11) is 0. The maximum atomic E-state index is 13.0. The van der Waals surface area contributed by atoms with E-state index in [4.69, 9.17) is 5.11 Å². The van der Waals surface area contributed by atoms with Gasteiger partial charge in [0, 0.05) is 17.0 Å². The topological polar surface area (TPSA) is 53.1 Å². The molecule has 0 saturated carbocycles. The van der Waals surface area contributed by atoms with Crippen LogP contribution in [0.3, 0.4) is 0 Å². The molecule has 21 heavy (non-hydrogen) atoms. The predicted octanol–water partition coefficient (Wildman–Crippen LogP) is 4.28. The third kappa shape index (κ3) is 3.09. The zero-order valence-electron chi connectivity index (χ0n) is 11.2. The fourth-order valence-corrected chi connectivity index (χ4v) is 2.27. The quantitative estimate of drug-likeness (QED) is 0.885. The number of carbonyl (C=O) groups is 1. The molecule has 112 valence electrons. The molecule has 0 aliphatic rings. The second kappa shape index (κ2) is 5.63. The Kier molecular flexibility index (Phi) is 4.06. The van der Waals surface area contributed by atoms with Crippen molar-refractivity contribution in [2.45, 2.75) is 25.4 Å². The zero-order valence-corrected chi connectivity index (χ0v) is 11.2. The monoisotopic (exact) mass is 297 g/mol. The summed E-state index contributed by atoms with van der Waals surface area (Å²) >= 11 is 0. The Labute approximate surface area is 119 Å². The fourth-order valence-electron chi connectivity index (χ4n) is 2.27. The number of carboxylic acid groups (broad SMARTS) is 1. The molecule has 1 aromatic heterocycles. The van der Waals surface area contributed by atoms with Gasteiger partial charge in [-0.25, -0.2) is 0 Å². The molecule has 2 N–H and O–H groups in total. The molecule has 0 spiro atoms. The molecule has 0 aliphatic carbocycles. The van der Waals surface area contributed by atoms with E-state index >= 15 is 0 Å². The largest absolute Gasteiger partial charge is 0.481 e. The Bertz CT molecular complexity index is 646. The third-order valence-corrected chi connectivity index (χ3v) is 3.31. The van der Waals surface area contributed by atoms with E-state index in [0.717, 1.165) is 6.07 Å². The summed E-state index contributed by atoms with van der Waals surface area (Å²) in [6, 6.07) is 8.20. The van der Waals surface area contributed by atoms with Crippen LogP contribution in [0.2, 0.25) is 0 Å². The number of halogens is 3. The van der Waals surface area contributed by atoms with E-state index < -0.39 is 23.6 Å². The summed E-state index contributed by atoms with van der Waals surface area (Å²) in [4.78, 5) is 13.9. The van der Waals surface area contributed by atoms with Gasteiger partial charge in [0.1, 0.15) is 0 Å². The molecule has 1 aromatic carbocycles. The number of hydrogen-bond donors (Lipinski definition) is 2. The number of H-pyrrole nitrogens is 1. The fraction of sp³-hybridized carbons (Fsp3) is 0.267. The molecule has 3 nitrogen and oxygen atoms in total. The van der Waals surface area contributed by atoms with Gasteiger partial charge in [0.25, 0.3) is 0 Å². The van der Waals surface area contributed by atoms with Crippen LogP contribution in [0.5, 0.6) is 0 Å². The first-order valence-corrected chi connectivity index (χ1v) is 6.43. The lowest BCUT2D eigenvalue weighted by Crippen LogP contribution is -2.11. The molecular weight excluding hydrogens is 283 g/mol. The number of alkyl halides is 3. The van der Waals surface area contributed by atoms with Crippen LogP contribution in [0, 0.1) is 0 Å². The van der Waals surface area contributed by atoms with E-state index in [1.165, 1.54) is 30.3 Å². The van der Waals surface area contributed by atoms with Crippen LogP contribution in [0.1, 0.15) is 30.5 Å². The van der Waals surface area contributed by atoms with E-state index in [1.807, 2.05) is 0 Å². The number of nitrogens with one attached hydrogen (secondary N) is 1. The lowest BCUT2D eigenvalue weighted by atomic mass is 10.0. The van der Waals surface area contributed by atoms with Crippen molar-refractivity contribution < 1.29 is 23.1 Å². The van der Waals surface area contributed by atoms with Gasteiger partial charge in [-0.15, -0.1) is 0 Å². The number of carboxylic acids is 1. The average Bonchev–Trinajstić information content (AvgIpc) is 2.87. The van der Waals surface area contributed by atoms with Gasteiger partial charge in [0.05, 0.1) is 11.5 Å². The van der Waals surface area contributed by atoms with Crippen LogP contribution < -0.4 is 0 Å². The molecule has 1 atom stereocenters. The molecule has 2 aromatic rings. The van der Waals surface area contributed by atoms with Crippen LogP contribution in [-0.2, 0) is 11.0 Å². The van der Waals surface area contributed by atoms with Crippen molar-refractivity contribution in [1.29, 1.82) is 0 Å². The molecule has 0 aliphatic heterocycles. The summed E-state index contributed by atoms with van der Waals surface area (Å²) in [5, 5.41) is 9.09. The Morgan fingerprint density at radius 1 is 1.24 bits per heavy atom. The molecule has 2 rings (SSSR count). The second-order valence-electron chi connectivity index (χ2n) is 4.67. The van der Waals surface area contributed by atoms with Crippen LogP contribution in [0.25, 0.3) is 11.3 Å². The Morgan fingerprint density at radius 2 is 1.90 bits per heavy atom. The molecule has 0 fully saturated rings. The first kappa shape index (κ1) is 15.2.